The number of urea groups is 1. The maximum absolute atomic E-state index is 13.2. The highest BCUT2D eigenvalue weighted by atomic mass is 19.4. The number of fused-ring (bicyclic) bond motifs is 1. The van der Waals surface area contributed by atoms with Crippen molar-refractivity contribution in [3.05, 3.63) is 39.9 Å². The monoisotopic (exact) mass is 506 g/mol. The minimum absolute atomic E-state index is 0.0189. The lowest BCUT2D eigenvalue weighted by Gasteiger charge is -2.35. The van der Waals surface area contributed by atoms with Crippen LogP contribution in [-0.2, 0) is 11.8 Å². The molecule has 5 atom stereocenters. The molecule has 3 amide bonds. The molecule has 2 aliphatic rings. The van der Waals surface area contributed by atoms with Crippen LogP contribution in [0.5, 0.6) is 0 Å². The van der Waals surface area contributed by atoms with Gasteiger partial charge in [-0.25, -0.2) is 4.79 Å². The minimum atomic E-state index is -4.33. The number of rotatable bonds is 3. The fourth-order valence-corrected chi connectivity index (χ4v) is 5.80. The van der Waals surface area contributed by atoms with Gasteiger partial charge in [-0.3, -0.25) is 19.9 Å². The van der Waals surface area contributed by atoms with Gasteiger partial charge in [0.05, 0.1) is 11.4 Å². The largest absolute Gasteiger partial charge is 0.391 e. The van der Waals surface area contributed by atoms with Crippen molar-refractivity contribution in [1.29, 1.82) is 0 Å². The van der Waals surface area contributed by atoms with Crippen LogP contribution in [0.2, 0.25) is 0 Å². The molecule has 2 heterocycles. The molecule has 0 aliphatic heterocycles. The van der Waals surface area contributed by atoms with Crippen molar-refractivity contribution in [2.45, 2.75) is 76.9 Å². The van der Waals surface area contributed by atoms with Crippen molar-refractivity contribution >= 4 is 22.8 Å². The van der Waals surface area contributed by atoms with E-state index in [1.165, 1.54) is 0 Å². The Hall–Kier alpha value is -2.91. The molecule has 196 valence electrons. The van der Waals surface area contributed by atoms with E-state index in [2.05, 4.69) is 22.5 Å². The smallest absolute Gasteiger partial charge is 0.335 e. The van der Waals surface area contributed by atoms with Crippen molar-refractivity contribution < 1.29 is 22.8 Å². The number of amides is 3. The number of alkyl halides is 3. The van der Waals surface area contributed by atoms with Gasteiger partial charge in [-0.15, -0.1) is 0 Å². The molecule has 0 radical (unpaired) electrons. The summed E-state index contributed by atoms with van der Waals surface area (Å²) >= 11 is 0. The Balaban J connectivity index is 1.42. The fourth-order valence-electron chi connectivity index (χ4n) is 5.80. The Morgan fingerprint density at radius 3 is 2.58 bits per heavy atom. The third-order valence-electron chi connectivity index (χ3n) is 7.95. The van der Waals surface area contributed by atoms with Crippen molar-refractivity contribution in [1.82, 2.24) is 20.2 Å². The second-order valence-electron chi connectivity index (χ2n) is 10.5. The number of carbonyl (C=O) groups excluding carboxylic acids is 2. The Morgan fingerprint density at radius 2 is 1.86 bits per heavy atom. The standard InChI is InChI=1S/C26H33F3N4O3/c1-14-7-8-19(31-25(36)32-23(34)16-5-4-6-18(10-16)26(27,28)29)12-20(14)21-11-17-13-30-15(2)9-22(17)33(3)24(21)35/h9,11,13-14,16,18-20H,4-8,10,12H2,1-3H3,(H2,31,32,34,36). The van der Waals surface area contributed by atoms with Crippen molar-refractivity contribution in [3.8, 4) is 0 Å². The van der Waals surface area contributed by atoms with Gasteiger partial charge in [-0.2, -0.15) is 13.2 Å². The van der Waals surface area contributed by atoms with Crippen LogP contribution in [-0.4, -0.2) is 33.7 Å². The Kier molecular flexibility index (Phi) is 7.43. The fraction of sp³-hybridized carbons (Fsp3) is 0.615. The number of nitrogens with zero attached hydrogens (tertiary/aromatic N) is 2. The van der Waals surface area contributed by atoms with Crippen LogP contribution in [0, 0.1) is 24.7 Å². The number of aryl methyl sites for hydroxylation is 2. The van der Waals surface area contributed by atoms with Gasteiger partial charge in [0.1, 0.15) is 0 Å². The van der Waals surface area contributed by atoms with Gasteiger partial charge >= 0.3 is 12.2 Å². The van der Waals surface area contributed by atoms with E-state index < -0.39 is 30.0 Å². The zero-order valence-corrected chi connectivity index (χ0v) is 20.8. The Labute approximate surface area is 207 Å². The normalized spacial score (nSPS) is 27.0. The second kappa shape index (κ2) is 10.2. The number of hydrogen-bond donors (Lipinski definition) is 2. The number of imide groups is 1. The number of nitrogens with one attached hydrogen (secondary N) is 2. The van der Waals surface area contributed by atoms with Crippen molar-refractivity contribution in [3.63, 3.8) is 0 Å². The number of hydrogen-bond acceptors (Lipinski definition) is 4. The van der Waals surface area contributed by atoms with Crippen LogP contribution < -0.4 is 16.2 Å². The summed E-state index contributed by atoms with van der Waals surface area (Å²) in [6, 6.07) is 2.81. The third-order valence-corrected chi connectivity index (χ3v) is 7.95. The summed E-state index contributed by atoms with van der Waals surface area (Å²) in [4.78, 5) is 42.6. The zero-order chi connectivity index (χ0) is 26.2. The SMILES string of the molecule is Cc1cc2c(cn1)cc(C1CC(NC(=O)NC(=O)C3CCCC(C(F)(F)F)C3)CCC1C)c(=O)n2C. The maximum atomic E-state index is 13.2. The molecule has 0 saturated heterocycles. The highest BCUT2D eigenvalue weighted by Gasteiger charge is 2.43. The number of halogens is 3. The quantitative estimate of drug-likeness (QED) is 0.631. The molecule has 2 N–H and O–H groups in total. The topological polar surface area (TPSA) is 93.1 Å². The van der Waals surface area contributed by atoms with Gasteiger partial charge in [0.2, 0.25) is 5.91 Å². The molecule has 36 heavy (non-hydrogen) atoms. The average Bonchev–Trinajstić information content (AvgIpc) is 2.82. The van der Waals surface area contributed by atoms with E-state index in [0.717, 1.165) is 23.0 Å². The highest BCUT2D eigenvalue weighted by molar-refractivity contribution is 5.95. The summed E-state index contributed by atoms with van der Waals surface area (Å²) in [6.07, 6.45) is -0.191. The van der Waals surface area contributed by atoms with Crippen LogP contribution in [0.4, 0.5) is 18.0 Å². The first-order chi connectivity index (χ1) is 16.9. The molecule has 0 spiro atoms. The van der Waals surface area contributed by atoms with Gasteiger partial charge in [-0.05, 0) is 69.4 Å². The molecule has 0 bridgehead atoms. The van der Waals surface area contributed by atoms with E-state index in [-0.39, 0.29) is 36.3 Å². The lowest BCUT2D eigenvalue weighted by atomic mass is 9.74. The van der Waals surface area contributed by atoms with Gasteiger partial charge in [-0.1, -0.05) is 13.3 Å². The molecule has 10 heteroatoms. The molecule has 2 saturated carbocycles. The van der Waals surface area contributed by atoms with Crippen LogP contribution in [0.3, 0.4) is 0 Å². The van der Waals surface area contributed by atoms with Crippen molar-refractivity contribution in [2.75, 3.05) is 0 Å². The van der Waals surface area contributed by atoms with E-state index in [1.807, 2.05) is 19.1 Å². The number of carbonyl (C=O) groups is 2. The molecule has 4 rings (SSSR count). The predicted octanol–water partition coefficient (Wildman–Crippen LogP) is 4.71. The molecule has 7 nitrogen and oxygen atoms in total. The van der Waals surface area contributed by atoms with Gasteiger partial charge in [0.15, 0.2) is 0 Å². The molecule has 2 aromatic heterocycles. The van der Waals surface area contributed by atoms with Crippen LogP contribution >= 0.6 is 0 Å². The minimum Gasteiger partial charge on any atom is -0.335 e. The van der Waals surface area contributed by atoms with Gasteiger partial charge < -0.3 is 9.88 Å². The first-order valence-electron chi connectivity index (χ1n) is 12.6. The molecular weight excluding hydrogens is 473 g/mol. The zero-order valence-electron chi connectivity index (χ0n) is 20.8. The Morgan fingerprint density at radius 1 is 1.11 bits per heavy atom. The lowest BCUT2D eigenvalue weighted by molar-refractivity contribution is -0.186. The average molecular weight is 507 g/mol. The number of aromatic nitrogens is 2. The summed E-state index contributed by atoms with van der Waals surface area (Å²) in [6.45, 7) is 3.96. The van der Waals surface area contributed by atoms with E-state index in [0.29, 0.717) is 31.2 Å². The molecule has 2 aromatic rings. The van der Waals surface area contributed by atoms with Gasteiger partial charge in [0.25, 0.3) is 5.56 Å². The van der Waals surface area contributed by atoms with Crippen LogP contribution in [0.1, 0.15) is 69.0 Å². The first-order valence-corrected chi connectivity index (χ1v) is 12.6. The lowest BCUT2D eigenvalue weighted by Crippen LogP contribution is -2.49. The maximum Gasteiger partial charge on any atom is 0.391 e. The molecule has 5 unspecified atom stereocenters. The molecular formula is C26H33F3N4O3. The highest BCUT2D eigenvalue weighted by Crippen LogP contribution is 2.40. The second-order valence-corrected chi connectivity index (χ2v) is 10.5. The van der Waals surface area contributed by atoms with Crippen LogP contribution in [0.15, 0.2) is 23.1 Å². The third kappa shape index (κ3) is 5.57. The van der Waals surface area contributed by atoms with E-state index in [4.69, 9.17) is 0 Å². The summed E-state index contributed by atoms with van der Waals surface area (Å²) in [5, 5.41) is 5.94. The summed E-state index contributed by atoms with van der Waals surface area (Å²) in [5.74, 6) is -2.86. The Bertz CT molecular complexity index is 1210. The summed E-state index contributed by atoms with van der Waals surface area (Å²) in [7, 11) is 1.74. The van der Waals surface area contributed by atoms with Gasteiger partial charge in [0, 0.05) is 41.8 Å². The van der Waals surface area contributed by atoms with E-state index in [9.17, 15) is 27.6 Å². The summed E-state index contributed by atoms with van der Waals surface area (Å²) in [5.41, 5.74) is 2.22. The number of pyridine rings is 2. The van der Waals surface area contributed by atoms with E-state index >= 15 is 0 Å². The first kappa shape index (κ1) is 26.2. The van der Waals surface area contributed by atoms with E-state index in [1.54, 1.807) is 17.8 Å². The molecule has 0 aromatic carbocycles. The molecule has 2 fully saturated rings. The summed E-state index contributed by atoms with van der Waals surface area (Å²) < 4.78 is 40.9. The molecule has 2 aliphatic carbocycles. The predicted molar refractivity (Wildman–Crippen MR) is 129 cm³/mol. The van der Waals surface area contributed by atoms with Crippen molar-refractivity contribution in [2.24, 2.45) is 24.8 Å². The van der Waals surface area contributed by atoms with Crippen LogP contribution in [0.25, 0.3) is 10.9 Å².